The summed E-state index contributed by atoms with van der Waals surface area (Å²) in [6.07, 6.45) is 0. The van der Waals surface area contributed by atoms with Crippen molar-refractivity contribution in [2.75, 3.05) is 11.5 Å². The van der Waals surface area contributed by atoms with Crippen LogP contribution in [-0.2, 0) is 19.5 Å². The Morgan fingerprint density at radius 1 is 0.737 bits per heavy atom. The molecule has 0 aliphatic heterocycles. The van der Waals surface area contributed by atoms with E-state index in [1.807, 2.05) is 0 Å². The molecule has 2 aromatic carbocycles. The number of thiol groups is 2. The summed E-state index contributed by atoms with van der Waals surface area (Å²) in [6.45, 7) is 0. The molecule has 0 heterocycles. The van der Waals surface area contributed by atoms with Crippen LogP contribution in [0.2, 0.25) is 0 Å². The molecule has 4 N–H and O–H groups in total. The molecule has 0 fully saturated rings. The van der Waals surface area contributed by atoms with Crippen LogP contribution in [0.15, 0.2) is 46.2 Å². The summed E-state index contributed by atoms with van der Waals surface area (Å²) in [5, 5.41) is 0. The van der Waals surface area contributed by atoms with Crippen molar-refractivity contribution in [1.29, 1.82) is 0 Å². The number of hydrogen-bond acceptors (Lipinski definition) is 4. The predicted molar refractivity (Wildman–Crippen MR) is 76.1 cm³/mol. The first-order valence-corrected chi connectivity index (χ1v) is 5.77. The zero-order chi connectivity index (χ0) is 13.7. The zero-order valence-electron chi connectivity index (χ0n) is 9.98. The predicted octanol–water partition coefficient (Wildman–Crippen LogP) is 3.39. The number of anilines is 2. The molecule has 0 saturated carbocycles. The molecule has 2 nitrogen and oxygen atoms in total. The average molecular weight is 352 g/mol. The standard InChI is InChI=1S/2C6H6FNS.Zn/c2*7-4-1-2-6(9)5(8)3-4;/h2*1-3,9H,8H2;. The van der Waals surface area contributed by atoms with Crippen LogP contribution in [0, 0.1) is 11.6 Å². The van der Waals surface area contributed by atoms with Crippen molar-refractivity contribution < 1.29 is 28.3 Å². The molecular weight excluding hydrogens is 340 g/mol. The fraction of sp³-hybridized carbons (Fsp3) is 0. The van der Waals surface area contributed by atoms with E-state index >= 15 is 0 Å². The maximum Gasteiger partial charge on any atom is 0.125 e. The van der Waals surface area contributed by atoms with Crippen LogP contribution >= 0.6 is 25.3 Å². The Kier molecular flexibility index (Phi) is 8.06. The molecule has 0 aromatic heterocycles. The maximum absolute atomic E-state index is 12.2. The third-order valence-electron chi connectivity index (χ3n) is 1.98. The molecule has 0 atom stereocenters. The van der Waals surface area contributed by atoms with Crippen LogP contribution in [0.5, 0.6) is 0 Å². The minimum Gasteiger partial charge on any atom is -0.398 e. The molecule has 0 saturated heterocycles. The van der Waals surface area contributed by atoms with Gasteiger partial charge < -0.3 is 11.5 Å². The van der Waals surface area contributed by atoms with Gasteiger partial charge in [0.25, 0.3) is 0 Å². The zero-order valence-corrected chi connectivity index (χ0v) is 14.7. The van der Waals surface area contributed by atoms with E-state index in [1.165, 1.54) is 36.4 Å². The molecule has 0 amide bonds. The first kappa shape index (κ1) is 18.2. The third kappa shape index (κ3) is 6.27. The molecule has 0 radical (unpaired) electrons. The number of nitrogen functional groups attached to an aromatic ring is 2. The molecule has 2 rings (SSSR count). The fourth-order valence-electron chi connectivity index (χ4n) is 1.05. The van der Waals surface area contributed by atoms with Gasteiger partial charge in [-0.05, 0) is 36.4 Å². The van der Waals surface area contributed by atoms with E-state index in [4.69, 9.17) is 11.5 Å². The number of rotatable bonds is 0. The van der Waals surface area contributed by atoms with Crippen molar-refractivity contribution in [2.24, 2.45) is 0 Å². The van der Waals surface area contributed by atoms with Crippen molar-refractivity contribution in [3.8, 4) is 0 Å². The Labute approximate surface area is 134 Å². The largest absolute Gasteiger partial charge is 0.398 e. The van der Waals surface area contributed by atoms with E-state index in [2.05, 4.69) is 25.3 Å². The van der Waals surface area contributed by atoms with Gasteiger partial charge in [0.1, 0.15) is 11.6 Å². The minimum absolute atomic E-state index is 0. The van der Waals surface area contributed by atoms with Crippen molar-refractivity contribution in [2.45, 2.75) is 9.79 Å². The van der Waals surface area contributed by atoms with Gasteiger partial charge >= 0.3 is 0 Å². The number of hydrogen-bond donors (Lipinski definition) is 4. The van der Waals surface area contributed by atoms with Crippen LogP contribution in [0.25, 0.3) is 0 Å². The van der Waals surface area contributed by atoms with Gasteiger partial charge in [0, 0.05) is 40.6 Å². The van der Waals surface area contributed by atoms with Crippen molar-refractivity contribution in [3.05, 3.63) is 48.0 Å². The first-order chi connectivity index (χ1) is 8.40. The van der Waals surface area contributed by atoms with Crippen LogP contribution in [0.1, 0.15) is 0 Å². The Morgan fingerprint density at radius 2 is 1.05 bits per heavy atom. The summed E-state index contributed by atoms with van der Waals surface area (Å²) in [4.78, 5) is 1.22. The normalized spacial score (nSPS) is 9.05. The molecule has 0 spiro atoms. The average Bonchev–Trinajstić information content (AvgIpc) is 2.30. The van der Waals surface area contributed by atoms with Crippen molar-refractivity contribution in [3.63, 3.8) is 0 Å². The van der Waals surface area contributed by atoms with E-state index in [9.17, 15) is 8.78 Å². The number of benzene rings is 2. The van der Waals surface area contributed by atoms with Gasteiger partial charge in [0.2, 0.25) is 0 Å². The van der Waals surface area contributed by atoms with E-state index in [-0.39, 0.29) is 31.1 Å². The molecule has 7 heteroatoms. The molecule has 19 heavy (non-hydrogen) atoms. The van der Waals surface area contributed by atoms with Gasteiger partial charge in [-0.15, -0.1) is 25.3 Å². The second-order valence-corrected chi connectivity index (χ2v) is 4.37. The van der Waals surface area contributed by atoms with Gasteiger partial charge in [0.15, 0.2) is 0 Å². The molecule has 0 aliphatic carbocycles. The third-order valence-corrected chi connectivity index (χ3v) is 2.79. The summed E-state index contributed by atoms with van der Waals surface area (Å²) in [5.41, 5.74) is 11.4. The van der Waals surface area contributed by atoms with Crippen LogP contribution in [-0.4, -0.2) is 0 Å². The molecule has 0 unspecified atom stereocenters. The molecule has 2 aromatic rings. The minimum atomic E-state index is -0.328. The first-order valence-electron chi connectivity index (χ1n) is 4.88. The van der Waals surface area contributed by atoms with Crippen molar-refractivity contribution >= 4 is 36.6 Å². The summed E-state index contributed by atoms with van der Waals surface area (Å²) in [6, 6.07) is 8.16. The smallest absolute Gasteiger partial charge is 0.125 e. The summed E-state index contributed by atoms with van der Waals surface area (Å²) >= 11 is 7.91. The van der Waals surface area contributed by atoms with Crippen molar-refractivity contribution in [1.82, 2.24) is 0 Å². The SMILES string of the molecule is Nc1cc(F)ccc1S.Nc1cc(F)ccc1S.[Zn]. The molecule has 0 aliphatic rings. The second-order valence-electron chi connectivity index (χ2n) is 3.41. The van der Waals surface area contributed by atoms with Gasteiger partial charge in [-0.2, -0.15) is 0 Å². The Hall–Kier alpha value is -0.777. The van der Waals surface area contributed by atoms with Gasteiger partial charge in [-0.3, -0.25) is 0 Å². The molecule has 0 bridgehead atoms. The Morgan fingerprint density at radius 3 is 1.26 bits per heavy atom. The molecular formula is C12H12F2N2S2Zn. The van der Waals surface area contributed by atoms with Gasteiger partial charge in [0.05, 0.1) is 0 Å². The quantitative estimate of drug-likeness (QED) is 0.334. The van der Waals surface area contributed by atoms with Crippen LogP contribution in [0.3, 0.4) is 0 Å². The summed E-state index contributed by atoms with van der Waals surface area (Å²) < 4.78 is 24.5. The number of halogens is 2. The second kappa shape index (κ2) is 8.41. The maximum atomic E-state index is 12.2. The van der Waals surface area contributed by atoms with Gasteiger partial charge in [-0.1, -0.05) is 0 Å². The number of nitrogens with two attached hydrogens (primary N) is 2. The van der Waals surface area contributed by atoms with E-state index in [1.54, 1.807) is 0 Å². The Bertz CT molecular complexity index is 504. The summed E-state index contributed by atoms with van der Waals surface area (Å²) in [7, 11) is 0. The monoisotopic (exact) mass is 350 g/mol. The van der Waals surface area contributed by atoms with Gasteiger partial charge in [-0.25, -0.2) is 8.78 Å². The van der Waals surface area contributed by atoms with E-state index < -0.39 is 0 Å². The van der Waals surface area contributed by atoms with E-state index in [0.717, 1.165) is 0 Å². The summed E-state index contributed by atoms with van der Waals surface area (Å²) in [5.74, 6) is -0.657. The van der Waals surface area contributed by atoms with Crippen LogP contribution < -0.4 is 11.5 Å². The Balaban J connectivity index is 0.000000324. The molecule has 98 valence electrons. The van der Waals surface area contributed by atoms with Crippen LogP contribution in [0.4, 0.5) is 20.2 Å². The van der Waals surface area contributed by atoms with E-state index in [0.29, 0.717) is 21.2 Å². The topological polar surface area (TPSA) is 52.0 Å². The fourth-order valence-corrected chi connectivity index (χ4v) is 1.33.